The Kier molecular flexibility index (Phi) is 6.52. The van der Waals surface area contributed by atoms with E-state index in [-0.39, 0.29) is 22.5 Å². The molecule has 0 fully saturated rings. The lowest BCUT2D eigenvalue weighted by atomic mass is 9.98. The van der Waals surface area contributed by atoms with Crippen LogP contribution in [0.1, 0.15) is 45.1 Å². The number of carbonyl (C=O) groups is 1. The highest BCUT2D eigenvalue weighted by molar-refractivity contribution is 6.33. The lowest BCUT2D eigenvalue weighted by Crippen LogP contribution is -2.22. The molecule has 6 heteroatoms. The SMILES string of the molecule is CCCC[C@@H](CC)C(=O)Nc1cc(C(F)(F)F)ccc1Cl. The molecule has 21 heavy (non-hydrogen) atoms. The van der Waals surface area contributed by atoms with Crippen molar-refractivity contribution in [2.75, 3.05) is 5.32 Å². The van der Waals surface area contributed by atoms with Crippen molar-refractivity contribution >= 4 is 23.2 Å². The topological polar surface area (TPSA) is 29.1 Å². The Morgan fingerprint density at radius 3 is 2.52 bits per heavy atom. The Labute approximate surface area is 127 Å². The van der Waals surface area contributed by atoms with Crippen LogP contribution < -0.4 is 5.32 Å². The van der Waals surface area contributed by atoms with Crippen LogP contribution in [0.5, 0.6) is 0 Å². The third-order valence-corrected chi connectivity index (χ3v) is 3.65. The number of halogens is 4. The fourth-order valence-electron chi connectivity index (χ4n) is 2.00. The van der Waals surface area contributed by atoms with E-state index in [2.05, 4.69) is 5.32 Å². The Morgan fingerprint density at radius 1 is 1.33 bits per heavy atom. The van der Waals surface area contributed by atoms with Gasteiger partial charge in [0, 0.05) is 5.92 Å². The average Bonchev–Trinajstić information content (AvgIpc) is 2.41. The average molecular weight is 322 g/mol. The zero-order chi connectivity index (χ0) is 16.0. The molecule has 0 unspecified atom stereocenters. The largest absolute Gasteiger partial charge is 0.416 e. The first-order valence-corrected chi connectivity index (χ1v) is 7.35. The molecule has 0 heterocycles. The van der Waals surface area contributed by atoms with E-state index in [0.717, 1.165) is 37.5 Å². The van der Waals surface area contributed by atoms with E-state index in [1.165, 1.54) is 0 Å². The number of rotatable bonds is 6. The van der Waals surface area contributed by atoms with E-state index < -0.39 is 11.7 Å². The lowest BCUT2D eigenvalue weighted by Gasteiger charge is -2.16. The summed E-state index contributed by atoms with van der Waals surface area (Å²) in [5, 5.41) is 2.61. The molecule has 0 radical (unpaired) electrons. The Balaban J connectivity index is 2.88. The van der Waals surface area contributed by atoms with Gasteiger partial charge >= 0.3 is 6.18 Å². The molecule has 0 spiro atoms. The predicted octanol–water partition coefficient (Wildman–Crippen LogP) is 5.51. The van der Waals surface area contributed by atoms with Gasteiger partial charge < -0.3 is 5.32 Å². The number of benzene rings is 1. The van der Waals surface area contributed by atoms with Gasteiger partial charge in [0.05, 0.1) is 16.3 Å². The molecule has 1 rings (SSSR count). The zero-order valence-electron chi connectivity index (χ0n) is 12.1. The minimum atomic E-state index is -4.46. The summed E-state index contributed by atoms with van der Waals surface area (Å²) in [4.78, 5) is 12.1. The molecule has 2 nitrogen and oxygen atoms in total. The van der Waals surface area contributed by atoms with Crippen LogP contribution in [0.15, 0.2) is 18.2 Å². The van der Waals surface area contributed by atoms with E-state index in [1.807, 2.05) is 13.8 Å². The maximum absolute atomic E-state index is 12.7. The van der Waals surface area contributed by atoms with Gasteiger partial charge in [-0.15, -0.1) is 0 Å². The highest BCUT2D eigenvalue weighted by atomic mass is 35.5. The van der Waals surface area contributed by atoms with Gasteiger partial charge in [-0.25, -0.2) is 0 Å². The van der Waals surface area contributed by atoms with Crippen LogP contribution in [-0.2, 0) is 11.0 Å². The molecule has 1 amide bonds. The van der Waals surface area contributed by atoms with Gasteiger partial charge in [-0.05, 0) is 31.0 Å². The number of nitrogens with one attached hydrogen (secondary N) is 1. The number of hydrogen-bond acceptors (Lipinski definition) is 1. The predicted molar refractivity (Wildman–Crippen MR) is 78.4 cm³/mol. The molecule has 0 aliphatic carbocycles. The van der Waals surface area contributed by atoms with Crippen molar-refractivity contribution in [1.29, 1.82) is 0 Å². The highest BCUT2D eigenvalue weighted by Gasteiger charge is 2.31. The van der Waals surface area contributed by atoms with E-state index in [1.54, 1.807) is 0 Å². The first kappa shape index (κ1) is 17.8. The monoisotopic (exact) mass is 321 g/mol. The second-order valence-corrected chi connectivity index (χ2v) is 5.34. The molecule has 0 aliphatic rings. The molecule has 1 aromatic carbocycles. The number of hydrogen-bond donors (Lipinski definition) is 1. The molecule has 0 aromatic heterocycles. The summed E-state index contributed by atoms with van der Waals surface area (Å²) in [7, 11) is 0. The smallest absolute Gasteiger partial charge is 0.325 e. The van der Waals surface area contributed by atoms with Crippen LogP contribution >= 0.6 is 11.6 Å². The third kappa shape index (κ3) is 5.23. The van der Waals surface area contributed by atoms with Crippen LogP contribution in [0.2, 0.25) is 5.02 Å². The van der Waals surface area contributed by atoms with Crippen molar-refractivity contribution < 1.29 is 18.0 Å². The Bertz CT molecular complexity index is 488. The van der Waals surface area contributed by atoms with E-state index in [0.29, 0.717) is 6.42 Å². The standard InChI is InChI=1S/C15H19ClF3NO/c1-3-5-6-10(4-2)14(21)20-13-9-11(15(17,18)19)7-8-12(13)16/h7-10H,3-6H2,1-2H3,(H,20,21)/t10-/m1/s1. The number of carbonyl (C=O) groups excluding carboxylic acids is 1. The molecular weight excluding hydrogens is 303 g/mol. The molecular formula is C15H19ClF3NO. The van der Waals surface area contributed by atoms with E-state index in [4.69, 9.17) is 11.6 Å². The maximum Gasteiger partial charge on any atom is 0.416 e. The highest BCUT2D eigenvalue weighted by Crippen LogP contribution is 2.34. The molecule has 0 bridgehead atoms. The van der Waals surface area contributed by atoms with Crippen molar-refractivity contribution in [3.63, 3.8) is 0 Å². The second kappa shape index (κ2) is 7.69. The summed E-state index contributed by atoms with van der Waals surface area (Å²) < 4.78 is 38.0. The van der Waals surface area contributed by atoms with Crippen molar-refractivity contribution in [3.8, 4) is 0 Å². The maximum atomic E-state index is 12.7. The van der Waals surface area contributed by atoms with Crippen LogP contribution in [0.3, 0.4) is 0 Å². The molecule has 1 atom stereocenters. The molecule has 0 saturated heterocycles. The zero-order valence-corrected chi connectivity index (χ0v) is 12.8. The minimum absolute atomic E-state index is 0.00596. The van der Waals surface area contributed by atoms with Crippen molar-refractivity contribution in [3.05, 3.63) is 28.8 Å². The molecule has 0 aliphatic heterocycles. The summed E-state index contributed by atoms with van der Waals surface area (Å²) in [6.45, 7) is 3.90. The Hall–Kier alpha value is -1.23. The van der Waals surface area contributed by atoms with Crippen LogP contribution in [0, 0.1) is 5.92 Å². The van der Waals surface area contributed by atoms with Gasteiger partial charge in [0.25, 0.3) is 0 Å². The van der Waals surface area contributed by atoms with Crippen molar-refractivity contribution in [2.45, 2.75) is 45.7 Å². The number of alkyl halides is 3. The van der Waals surface area contributed by atoms with Crippen molar-refractivity contribution in [1.82, 2.24) is 0 Å². The summed E-state index contributed by atoms with van der Waals surface area (Å²) >= 11 is 5.86. The molecule has 0 saturated carbocycles. The third-order valence-electron chi connectivity index (χ3n) is 3.32. The summed E-state index contributed by atoms with van der Waals surface area (Å²) in [5.74, 6) is -0.497. The Morgan fingerprint density at radius 2 is 2.00 bits per heavy atom. The quantitative estimate of drug-likeness (QED) is 0.735. The van der Waals surface area contributed by atoms with Crippen LogP contribution in [0.25, 0.3) is 0 Å². The first-order chi connectivity index (χ1) is 9.79. The molecule has 118 valence electrons. The molecule has 1 N–H and O–H groups in total. The summed E-state index contributed by atoms with van der Waals surface area (Å²) in [6, 6.07) is 2.91. The lowest BCUT2D eigenvalue weighted by molar-refractivity contribution is -0.137. The van der Waals surface area contributed by atoms with Gasteiger partial charge in [-0.3, -0.25) is 4.79 Å². The minimum Gasteiger partial charge on any atom is -0.325 e. The van der Waals surface area contributed by atoms with Gasteiger partial charge in [-0.1, -0.05) is 38.3 Å². The second-order valence-electron chi connectivity index (χ2n) is 4.93. The number of amides is 1. The molecule has 1 aromatic rings. The normalized spacial score (nSPS) is 13.0. The van der Waals surface area contributed by atoms with Crippen LogP contribution in [0.4, 0.5) is 18.9 Å². The fraction of sp³-hybridized carbons (Fsp3) is 0.533. The number of unbranched alkanes of at least 4 members (excludes halogenated alkanes) is 1. The summed E-state index contributed by atoms with van der Waals surface area (Å²) in [6.07, 6.45) is -1.23. The van der Waals surface area contributed by atoms with Crippen molar-refractivity contribution in [2.24, 2.45) is 5.92 Å². The number of anilines is 1. The van der Waals surface area contributed by atoms with Gasteiger partial charge in [0.2, 0.25) is 5.91 Å². The van der Waals surface area contributed by atoms with E-state index >= 15 is 0 Å². The fourth-order valence-corrected chi connectivity index (χ4v) is 2.17. The first-order valence-electron chi connectivity index (χ1n) is 6.97. The van der Waals surface area contributed by atoms with E-state index in [9.17, 15) is 18.0 Å². The summed E-state index contributed by atoms with van der Waals surface area (Å²) in [5.41, 5.74) is -0.824. The van der Waals surface area contributed by atoms with Gasteiger partial charge in [0.15, 0.2) is 0 Å². The van der Waals surface area contributed by atoms with Crippen LogP contribution in [-0.4, -0.2) is 5.91 Å². The van der Waals surface area contributed by atoms with Gasteiger partial charge in [-0.2, -0.15) is 13.2 Å². The van der Waals surface area contributed by atoms with Gasteiger partial charge in [0.1, 0.15) is 0 Å².